The van der Waals surface area contributed by atoms with Gasteiger partial charge in [-0.25, -0.2) is 0 Å². The third-order valence-corrected chi connectivity index (χ3v) is 2.18. The largest absolute Gasteiger partial charge is 0.290 e. The van der Waals surface area contributed by atoms with Gasteiger partial charge >= 0.3 is 0 Å². The molecule has 0 saturated carbocycles. The molecule has 2 aliphatic heterocycles. The molecule has 0 aliphatic carbocycles. The van der Waals surface area contributed by atoms with Crippen molar-refractivity contribution in [2.24, 2.45) is 4.99 Å². The van der Waals surface area contributed by atoms with E-state index in [4.69, 9.17) is 0 Å². The van der Waals surface area contributed by atoms with E-state index in [2.05, 4.69) is 16.4 Å². The van der Waals surface area contributed by atoms with Crippen molar-refractivity contribution in [1.29, 1.82) is 0 Å². The van der Waals surface area contributed by atoms with Crippen LogP contribution in [0.3, 0.4) is 0 Å². The third-order valence-electron chi connectivity index (χ3n) is 2.18. The lowest BCUT2D eigenvalue weighted by atomic mass is 9.99. The highest BCUT2D eigenvalue weighted by Crippen LogP contribution is 2.23. The molecule has 1 unspecified atom stereocenters. The van der Waals surface area contributed by atoms with Gasteiger partial charge in [0.25, 0.3) is 0 Å². The summed E-state index contributed by atoms with van der Waals surface area (Å²) in [6.45, 7) is 1.11. The lowest BCUT2D eigenvalue weighted by molar-refractivity contribution is 0.331. The molecule has 2 aliphatic rings. The smallest absolute Gasteiger partial charge is 0.129 e. The monoisotopic (exact) mass is 136 g/mol. The molecule has 1 spiro atoms. The second kappa shape index (κ2) is 2.20. The van der Waals surface area contributed by atoms with Crippen molar-refractivity contribution >= 4 is 6.21 Å². The molecular formula is C8H12N2. The number of allylic oxidation sites excluding steroid dienone is 1. The maximum Gasteiger partial charge on any atom is 0.129 e. The van der Waals surface area contributed by atoms with Gasteiger partial charge in [0.05, 0.1) is 0 Å². The fraction of sp³-hybridized carbons (Fsp3) is 0.625. The van der Waals surface area contributed by atoms with Gasteiger partial charge in [-0.15, -0.1) is 0 Å². The van der Waals surface area contributed by atoms with Gasteiger partial charge in [0.2, 0.25) is 0 Å². The zero-order valence-electron chi connectivity index (χ0n) is 6.01. The summed E-state index contributed by atoms with van der Waals surface area (Å²) in [4.78, 5) is 4.38. The van der Waals surface area contributed by atoms with Crippen molar-refractivity contribution in [3.63, 3.8) is 0 Å². The Kier molecular flexibility index (Phi) is 1.34. The Hall–Kier alpha value is -0.630. The average Bonchev–Trinajstić information content (AvgIpc) is 2.39. The molecule has 1 N–H and O–H groups in total. The molecule has 1 fully saturated rings. The van der Waals surface area contributed by atoms with Crippen molar-refractivity contribution in [2.45, 2.75) is 24.9 Å². The van der Waals surface area contributed by atoms with E-state index in [-0.39, 0.29) is 5.66 Å². The van der Waals surface area contributed by atoms with Crippen LogP contribution in [0.2, 0.25) is 0 Å². The van der Waals surface area contributed by atoms with E-state index < -0.39 is 0 Å². The number of hydrogen-bond donors (Lipinski definition) is 1. The Balaban J connectivity index is 2.13. The van der Waals surface area contributed by atoms with E-state index in [1.165, 1.54) is 19.3 Å². The number of nitrogens with zero attached hydrogens (tertiary/aromatic N) is 1. The van der Waals surface area contributed by atoms with Crippen molar-refractivity contribution in [2.75, 3.05) is 6.54 Å². The SMILES string of the molecule is C1=CC2(CCCCN2)N=C1. The van der Waals surface area contributed by atoms with Gasteiger partial charge in [-0.05, 0) is 38.0 Å². The van der Waals surface area contributed by atoms with Crippen LogP contribution in [0.5, 0.6) is 0 Å². The first-order valence-corrected chi connectivity index (χ1v) is 3.89. The highest BCUT2D eigenvalue weighted by molar-refractivity contribution is 5.75. The van der Waals surface area contributed by atoms with Gasteiger partial charge in [-0.3, -0.25) is 10.3 Å². The van der Waals surface area contributed by atoms with Crippen LogP contribution in [-0.2, 0) is 0 Å². The van der Waals surface area contributed by atoms with Crippen molar-refractivity contribution in [3.8, 4) is 0 Å². The van der Waals surface area contributed by atoms with Crippen LogP contribution in [0.15, 0.2) is 17.1 Å². The minimum absolute atomic E-state index is 0.0122. The van der Waals surface area contributed by atoms with Crippen molar-refractivity contribution < 1.29 is 0 Å². The molecule has 2 nitrogen and oxygen atoms in total. The van der Waals surface area contributed by atoms with E-state index in [1.54, 1.807) is 0 Å². The van der Waals surface area contributed by atoms with E-state index in [0.717, 1.165) is 6.54 Å². The highest BCUT2D eigenvalue weighted by atomic mass is 15.1. The molecule has 0 bridgehead atoms. The summed E-state index contributed by atoms with van der Waals surface area (Å²) >= 11 is 0. The number of rotatable bonds is 0. The quantitative estimate of drug-likeness (QED) is 0.529. The molecule has 0 aromatic carbocycles. The predicted molar refractivity (Wildman–Crippen MR) is 42.2 cm³/mol. The van der Waals surface area contributed by atoms with Gasteiger partial charge in [-0.2, -0.15) is 0 Å². The molecule has 2 rings (SSSR count). The fourth-order valence-electron chi connectivity index (χ4n) is 1.59. The van der Waals surface area contributed by atoms with Gasteiger partial charge in [0.15, 0.2) is 0 Å². The van der Waals surface area contributed by atoms with E-state index >= 15 is 0 Å². The molecular weight excluding hydrogens is 124 g/mol. The number of aliphatic imine (C=N–C) groups is 1. The second-order valence-corrected chi connectivity index (χ2v) is 2.95. The Bertz CT molecular complexity index is 162. The van der Waals surface area contributed by atoms with E-state index in [1.807, 2.05) is 12.3 Å². The first-order chi connectivity index (χ1) is 4.91. The zero-order chi connectivity index (χ0) is 6.86. The maximum atomic E-state index is 4.38. The maximum absolute atomic E-state index is 4.38. The van der Waals surface area contributed by atoms with Crippen LogP contribution in [0.4, 0.5) is 0 Å². The molecule has 0 aromatic heterocycles. The van der Waals surface area contributed by atoms with E-state index in [9.17, 15) is 0 Å². The lowest BCUT2D eigenvalue weighted by Crippen LogP contribution is -2.44. The van der Waals surface area contributed by atoms with Gasteiger partial charge in [0, 0.05) is 6.21 Å². The highest BCUT2D eigenvalue weighted by Gasteiger charge is 2.28. The summed E-state index contributed by atoms with van der Waals surface area (Å²) in [6.07, 6.45) is 9.84. The molecule has 54 valence electrons. The first-order valence-electron chi connectivity index (χ1n) is 3.89. The molecule has 1 saturated heterocycles. The molecule has 0 aromatic rings. The van der Waals surface area contributed by atoms with Crippen molar-refractivity contribution in [3.05, 3.63) is 12.2 Å². The topological polar surface area (TPSA) is 24.4 Å². The molecule has 0 amide bonds. The van der Waals surface area contributed by atoms with Crippen LogP contribution in [0.1, 0.15) is 19.3 Å². The van der Waals surface area contributed by atoms with E-state index in [0.29, 0.717) is 0 Å². The Morgan fingerprint density at radius 1 is 1.40 bits per heavy atom. The Morgan fingerprint density at radius 2 is 2.40 bits per heavy atom. The molecule has 0 radical (unpaired) electrons. The zero-order valence-corrected chi connectivity index (χ0v) is 6.01. The summed E-state index contributed by atoms with van der Waals surface area (Å²) in [5.41, 5.74) is 0.0122. The molecule has 2 heterocycles. The predicted octanol–water partition coefficient (Wildman–Crippen LogP) is 1.10. The van der Waals surface area contributed by atoms with Gasteiger partial charge < -0.3 is 0 Å². The summed E-state index contributed by atoms with van der Waals surface area (Å²) < 4.78 is 0. The molecule has 2 heteroatoms. The minimum Gasteiger partial charge on any atom is -0.290 e. The first kappa shape index (κ1) is 6.10. The number of piperidine rings is 1. The van der Waals surface area contributed by atoms with Crippen molar-refractivity contribution in [1.82, 2.24) is 5.32 Å². The fourth-order valence-corrected chi connectivity index (χ4v) is 1.59. The number of hydrogen-bond acceptors (Lipinski definition) is 2. The second-order valence-electron chi connectivity index (χ2n) is 2.95. The average molecular weight is 136 g/mol. The van der Waals surface area contributed by atoms with Crippen LogP contribution in [0, 0.1) is 0 Å². The lowest BCUT2D eigenvalue weighted by Gasteiger charge is -2.29. The van der Waals surface area contributed by atoms with Crippen LogP contribution in [-0.4, -0.2) is 18.4 Å². The summed E-state index contributed by atoms with van der Waals surface area (Å²) in [5.74, 6) is 0. The third kappa shape index (κ3) is 0.886. The molecule has 10 heavy (non-hydrogen) atoms. The molecule has 1 atom stereocenters. The summed E-state index contributed by atoms with van der Waals surface area (Å²) in [5, 5.41) is 3.41. The van der Waals surface area contributed by atoms with Crippen LogP contribution < -0.4 is 5.32 Å². The summed E-state index contributed by atoms with van der Waals surface area (Å²) in [6, 6.07) is 0. The Labute approximate surface area is 61.0 Å². The number of nitrogens with one attached hydrogen (secondary N) is 1. The van der Waals surface area contributed by atoms with Gasteiger partial charge in [-0.1, -0.05) is 0 Å². The van der Waals surface area contributed by atoms with Crippen LogP contribution >= 0.6 is 0 Å². The Morgan fingerprint density at radius 3 is 3.00 bits per heavy atom. The van der Waals surface area contributed by atoms with Crippen LogP contribution in [0.25, 0.3) is 0 Å². The van der Waals surface area contributed by atoms with Gasteiger partial charge in [0.1, 0.15) is 5.66 Å². The standard InChI is InChI=1S/C8H12N2/c1-2-6-9-8(4-1)5-3-7-10-8/h3,5,7,9H,1-2,4,6H2. The summed E-state index contributed by atoms with van der Waals surface area (Å²) in [7, 11) is 0. The minimum atomic E-state index is 0.0122. The normalized spacial score (nSPS) is 37.6.